The van der Waals surface area contributed by atoms with Gasteiger partial charge in [-0.25, -0.2) is 4.57 Å². The molecule has 0 saturated carbocycles. The van der Waals surface area contributed by atoms with Crippen molar-refractivity contribution in [2.75, 3.05) is 26.4 Å². The first-order valence-electron chi connectivity index (χ1n) is 19.8. The molecule has 50 heavy (non-hydrogen) atoms. The lowest BCUT2D eigenvalue weighted by molar-refractivity contribution is -0.147. The zero-order valence-electron chi connectivity index (χ0n) is 31.9. The minimum Gasteiger partial charge on any atom is -0.492 e. The predicted molar refractivity (Wildman–Crippen MR) is 210 cm³/mol. The van der Waals surface area contributed by atoms with Crippen LogP contribution in [0.25, 0.3) is 0 Å². The molecule has 0 saturated heterocycles. The molecule has 0 aromatic rings. The van der Waals surface area contributed by atoms with Gasteiger partial charge < -0.3 is 20.1 Å². The van der Waals surface area contributed by atoms with Crippen LogP contribution in [0.4, 0.5) is 0 Å². The fraction of sp³-hybridized carbons (Fsp3) is 0.732. The average Bonchev–Trinajstić information content (AvgIpc) is 3.11. The topological polar surface area (TPSA) is 117 Å². The summed E-state index contributed by atoms with van der Waals surface area (Å²) in [4.78, 5) is 22.2. The number of carbonyl (C=O) groups is 1. The maximum atomic E-state index is 12.3. The summed E-state index contributed by atoms with van der Waals surface area (Å²) in [6, 6.07) is 0. The summed E-state index contributed by atoms with van der Waals surface area (Å²) in [6.07, 6.45) is 46.2. The van der Waals surface area contributed by atoms with Crippen LogP contribution in [-0.2, 0) is 27.9 Å². The molecular weight excluding hydrogens is 649 g/mol. The van der Waals surface area contributed by atoms with Crippen molar-refractivity contribution in [3.05, 3.63) is 60.9 Å². The Kier molecular flexibility index (Phi) is 36.8. The molecule has 9 heteroatoms. The fourth-order valence-corrected chi connectivity index (χ4v) is 5.75. The Balaban J connectivity index is 4.22. The van der Waals surface area contributed by atoms with Crippen LogP contribution in [0.15, 0.2) is 60.9 Å². The van der Waals surface area contributed by atoms with E-state index in [-0.39, 0.29) is 32.3 Å². The van der Waals surface area contributed by atoms with Gasteiger partial charge in [-0.3, -0.25) is 13.8 Å². The molecule has 0 aromatic heterocycles. The second-order valence-electron chi connectivity index (χ2n) is 12.8. The number of esters is 1. The van der Waals surface area contributed by atoms with Crippen LogP contribution in [0, 0.1) is 0 Å². The quantitative estimate of drug-likeness (QED) is 0.0214. The van der Waals surface area contributed by atoms with E-state index in [9.17, 15) is 14.3 Å². The van der Waals surface area contributed by atoms with Crippen LogP contribution in [-0.4, -0.2) is 43.3 Å². The normalized spacial score (nSPS) is 14.2. The van der Waals surface area contributed by atoms with Crippen LogP contribution in [0.1, 0.15) is 162 Å². The first kappa shape index (κ1) is 48.0. The molecule has 290 valence electrons. The van der Waals surface area contributed by atoms with Crippen molar-refractivity contribution in [1.82, 2.24) is 0 Å². The maximum Gasteiger partial charge on any atom is 0.472 e. The summed E-state index contributed by atoms with van der Waals surface area (Å²) in [5.74, 6) is -0.331. The number of hydrogen-bond donors (Lipinski definition) is 2. The first-order chi connectivity index (χ1) is 24.4. The van der Waals surface area contributed by atoms with Crippen molar-refractivity contribution < 1.29 is 32.8 Å². The van der Waals surface area contributed by atoms with Crippen LogP contribution in [0.2, 0.25) is 0 Å². The highest BCUT2D eigenvalue weighted by Gasteiger charge is 2.24. The Labute approximate surface area is 306 Å². The molecule has 0 radical (unpaired) electrons. The molecule has 3 N–H and O–H groups in total. The zero-order chi connectivity index (χ0) is 36.6. The molecule has 0 aliphatic carbocycles. The molecular formula is C41H74NO7P. The van der Waals surface area contributed by atoms with Crippen molar-refractivity contribution in [3.63, 3.8) is 0 Å². The molecule has 0 rings (SSSR count). The summed E-state index contributed by atoms with van der Waals surface area (Å²) in [6.45, 7) is 4.11. The average molecular weight is 724 g/mol. The largest absolute Gasteiger partial charge is 0.492 e. The molecule has 8 nitrogen and oxygen atoms in total. The number of ether oxygens (including phenoxy) is 2. The number of allylic oxidation sites excluding steroid dienone is 9. The monoisotopic (exact) mass is 724 g/mol. The van der Waals surface area contributed by atoms with Gasteiger partial charge in [0.2, 0.25) is 0 Å². The van der Waals surface area contributed by atoms with E-state index < -0.39 is 13.9 Å². The third kappa shape index (κ3) is 37.3. The molecule has 0 amide bonds. The van der Waals surface area contributed by atoms with Crippen LogP contribution < -0.4 is 5.73 Å². The zero-order valence-corrected chi connectivity index (χ0v) is 32.8. The van der Waals surface area contributed by atoms with Gasteiger partial charge in [-0.1, -0.05) is 120 Å². The fourth-order valence-electron chi connectivity index (χ4n) is 4.98. The molecule has 2 unspecified atom stereocenters. The Morgan fingerprint density at radius 1 is 0.620 bits per heavy atom. The molecule has 0 aromatic carbocycles. The molecule has 0 aliphatic heterocycles. The smallest absolute Gasteiger partial charge is 0.472 e. The minimum absolute atomic E-state index is 0.0890. The van der Waals surface area contributed by atoms with E-state index in [1.807, 2.05) is 6.08 Å². The van der Waals surface area contributed by atoms with Gasteiger partial charge in [-0.2, -0.15) is 0 Å². The first-order valence-corrected chi connectivity index (χ1v) is 21.3. The Bertz CT molecular complexity index is 947. The highest BCUT2D eigenvalue weighted by atomic mass is 31.2. The van der Waals surface area contributed by atoms with Crippen LogP contribution >= 0.6 is 7.82 Å². The Morgan fingerprint density at radius 2 is 1.08 bits per heavy atom. The standard InChI is InChI=1S/C41H74NO7P/c1-3-5-7-9-11-13-15-17-19-21-23-25-27-29-31-33-36-46-40(39-49-50(44,45)48-37-35-42)38-47-41(43)34-32-30-28-26-24-22-20-18-16-14-12-10-8-6-4-2/h12-15,18,20,24,26,33,36,40H,3-11,16-17,19,21-23,25,27-32,34-35,37-39,42H2,1-2H3,(H,44,45). The van der Waals surface area contributed by atoms with Gasteiger partial charge >= 0.3 is 13.8 Å². The highest BCUT2D eigenvalue weighted by molar-refractivity contribution is 7.47. The number of phosphoric ester groups is 1. The lowest BCUT2D eigenvalue weighted by atomic mass is 10.1. The van der Waals surface area contributed by atoms with Crippen LogP contribution in [0.3, 0.4) is 0 Å². The third-order valence-corrected chi connectivity index (χ3v) is 8.98. The maximum absolute atomic E-state index is 12.3. The summed E-state index contributed by atoms with van der Waals surface area (Å²) < 4.78 is 33.1. The lowest BCUT2D eigenvalue weighted by Crippen LogP contribution is -2.25. The minimum atomic E-state index is -4.28. The third-order valence-electron chi connectivity index (χ3n) is 8.00. The molecule has 0 aliphatic rings. The molecule has 0 bridgehead atoms. The summed E-state index contributed by atoms with van der Waals surface area (Å²) in [7, 11) is -4.28. The van der Waals surface area contributed by atoms with Crippen LogP contribution in [0.5, 0.6) is 0 Å². The van der Waals surface area contributed by atoms with Crippen molar-refractivity contribution in [2.45, 2.75) is 168 Å². The number of nitrogens with two attached hydrogens (primary N) is 1. The number of unbranched alkanes of at least 4 members (excludes halogenated alkanes) is 16. The summed E-state index contributed by atoms with van der Waals surface area (Å²) >= 11 is 0. The summed E-state index contributed by atoms with van der Waals surface area (Å²) in [5, 5.41) is 0. The van der Waals surface area contributed by atoms with Gasteiger partial charge in [0.15, 0.2) is 6.10 Å². The second-order valence-corrected chi connectivity index (χ2v) is 14.3. The predicted octanol–water partition coefficient (Wildman–Crippen LogP) is 11.8. The number of carbonyl (C=O) groups excluding carboxylic acids is 1. The van der Waals surface area contributed by atoms with E-state index in [2.05, 4.69) is 62.5 Å². The molecule has 0 spiro atoms. The number of phosphoric acid groups is 1. The number of rotatable bonds is 37. The van der Waals surface area contributed by atoms with Gasteiger partial charge in [0.05, 0.1) is 19.5 Å². The van der Waals surface area contributed by atoms with Gasteiger partial charge in [0.1, 0.15) is 6.61 Å². The van der Waals surface area contributed by atoms with E-state index in [4.69, 9.17) is 24.3 Å². The van der Waals surface area contributed by atoms with Gasteiger partial charge in [-0.15, -0.1) is 0 Å². The van der Waals surface area contributed by atoms with Gasteiger partial charge in [0.25, 0.3) is 0 Å². The number of hydrogen-bond acceptors (Lipinski definition) is 7. The SMILES string of the molecule is CCCCCC=CCC=CCC=CCCCCC(=O)OCC(COP(=O)(O)OCCN)OC=CCCCCCCCCC=CCCCCCC. The van der Waals surface area contributed by atoms with Gasteiger partial charge in [-0.05, 0) is 89.5 Å². The highest BCUT2D eigenvalue weighted by Crippen LogP contribution is 2.43. The molecule has 2 atom stereocenters. The van der Waals surface area contributed by atoms with E-state index in [0.29, 0.717) is 6.42 Å². The van der Waals surface area contributed by atoms with E-state index in [1.54, 1.807) is 6.26 Å². The summed E-state index contributed by atoms with van der Waals surface area (Å²) in [5.41, 5.74) is 5.35. The van der Waals surface area contributed by atoms with E-state index >= 15 is 0 Å². The molecule has 0 heterocycles. The van der Waals surface area contributed by atoms with Crippen molar-refractivity contribution in [1.29, 1.82) is 0 Å². The van der Waals surface area contributed by atoms with Crippen molar-refractivity contribution >= 4 is 13.8 Å². The molecule has 0 fully saturated rings. The van der Waals surface area contributed by atoms with Crippen molar-refractivity contribution in [3.8, 4) is 0 Å². The lowest BCUT2D eigenvalue weighted by Gasteiger charge is -2.19. The Morgan fingerprint density at radius 3 is 1.66 bits per heavy atom. The second kappa shape index (κ2) is 38.3. The van der Waals surface area contributed by atoms with E-state index in [0.717, 1.165) is 51.4 Å². The van der Waals surface area contributed by atoms with Crippen molar-refractivity contribution in [2.24, 2.45) is 5.73 Å². The van der Waals surface area contributed by atoms with Gasteiger partial charge in [0, 0.05) is 13.0 Å². The van der Waals surface area contributed by atoms with E-state index in [1.165, 1.54) is 89.9 Å². The Hall–Kier alpha value is -1.96.